The second kappa shape index (κ2) is 7.71. The van der Waals surface area contributed by atoms with Crippen molar-refractivity contribution in [1.82, 2.24) is 5.32 Å². The van der Waals surface area contributed by atoms with E-state index in [0.29, 0.717) is 12.6 Å². The first-order valence-electron chi connectivity index (χ1n) is 7.23. The Labute approximate surface area is 121 Å². The van der Waals surface area contributed by atoms with E-state index in [9.17, 15) is 0 Å². The molecule has 2 heteroatoms. The summed E-state index contributed by atoms with van der Waals surface area (Å²) >= 11 is 0. The summed E-state index contributed by atoms with van der Waals surface area (Å²) in [6.45, 7) is 5.99. The van der Waals surface area contributed by atoms with E-state index in [1.54, 1.807) is 0 Å². The first-order chi connectivity index (χ1) is 9.74. The average Bonchev–Trinajstić information content (AvgIpc) is 2.47. The minimum Gasteiger partial charge on any atom is -0.489 e. The van der Waals surface area contributed by atoms with Crippen molar-refractivity contribution < 1.29 is 4.74 Å². The molecule has 2 aromatic carbocycles. The van der Waals surface area contributed by atoms with Crippen LogP contribution in [-0.4, -0.2) is 12.6 Å². The molecule has 0 saturated heterocycles. The zero-order valence-electron chi connectivity index (χ0n) is 12.3. The maximum Gasteiger partial charge on any atom is 0.119 e. The molecule has 1 N–H and O–H groups in total. The van der Waals surface area contributed by atoms with Crippen molar-refractivity contribution in [1.29, 1.82) is 0 Å². The van der Waals surface area contributed by atoms with E-state index in [1.807, 2.05) is 30.3 Å². The highest BCUT2D eigenvalue weighted by atomic mass is 16.5. The van der Waals surface area contributed by atoms with Gasteiger partial charge in [0.2, 0.25) is 0 Å². The number of rotatable bonds is 7. The highest BCUT2D eigenvalue weighted by Gasteiger charge is 1.98. The van der Waals surface area contributed by atoms with Crippen LogP contribution in [0.1, 0.15) is 25.0 Å². The van der Waals surface area contributed by atoms with E-state index in [0.717, 1.165) is 18.7 Å². The van der Waals surface area contributed by atoms with E-state index >= 15 is 0 Å². The number of benzene rings is 2. The number of hydrogen-bond acceptors (Lipinski definition) is 2. The highest BCUT2D eigenvalue weighted by Crippen LogP contribution is 2.12. The smallest absolute Gasteiger partial charge is 0.119 e. The Morgan fingerprint density at radius 3 is 2.20 bits per heavy atom. The third-order valence-electron chi connectivity index (χ3n) is 3.14. The van der Waals surface area contributed by atoms with Crippen molar-refractivity contribution in [3.63, 3.8) is 0 Å². The molecule has 0 aliphatic rings. The van der Waals surface area contributed by atoms with Crippen LogP contribution in [0.25, 0.3) is 0 Å². The highest BCUT2D eigenvalue weighted by molar-refractivity contribution is 5.24. The Morgan fingerprint density at radius 1 is 0.900 bits per heavy atom. The number of ether oxygens (including phenoxy) is 1. The van der Waals surface area contributed by atoms with E-state index in [2.05, 4.69) is 43.4 Å². The molecule has 2 nitrogen and oxygen atoms in total. The topological polar surface area (TPSA) is 21.3 Å². The first-order valence-corrected chi connectivity index (χ1v) is 7.23. The predicted molar refractivity (Wildman–Crippen MR) is 84.1 cm³/mol. The summed E-state index contributed by atoms with van der Waals surface area (Å²) in [5, 5.41) is 3.43. The van der Waals surface area contributed by atoms with Crippen LogP contribution < -0.4 is 10.1 Å². The minimum absolute atomic E-state index is 0.550. The largest absolute Gasteiger partial charge is 0.489 e. The summed E-state index contributed by atoms with van der Waals surface area (Å²) < 4.78 is 5.73. The molecular weight excluding hydrogens is 246 g/mol. The molecule has 2 aromatic rings. The molecular formula is C18H23NO. The van der Waals surface area contributed by atoms with Gasteiger partial charge in [0.25, 0.3) is 0 Å². The van der Waals surface area contributed by atoms with E-state index < -0.39 is 0 Å². The van der Waals surface area contributed by atoms with Crippen LogP contribution in [0.15, 0.2) is 54.6 Å². The minimum atomic E-state index is 0.550. The second-order valence-electron chi connectivity index (χ2n) is 5.28. The molecule has 0 amide bonds. The fraction of sp³-hybridized carbons (Fsp3) is 0.333. The van der Waals surface area contributed by atoms with E-state index in [-0.39, 0.29) is 0 Å². The molecule has 0 heterocycles. The molecule has 0 aromatic heterocycles. The van der Waals surface area contributed by atoms with E-state index in [1.165, 1.54) is 11.1 Å². The molecule has 106 valence electrons. The maximum absolute atomic E-state index is 5.73. The van der Waals surface area contributed by atoms with Gasteiger partial charge in [0.05, 0.1) is 0 Å². The van der Waals surface area contributed by atoms with Crippen molar-refractivity contribution in [2.75, 3.05) is 6.54 Å². The van der Waals surface area contributed by atoms with Crippen molar-refractivity contribution >= 4 is 0 Å². The molecule has 0 fully saturated rings. The lowest BCUT2D eigenvalue weighted by atomic mass is 10.1. The fourth-order valence-corrected chi connectivity index (χ4v) is 1.99. The van der Waals surface area contributed by atoms with Gasteiger partial charge in [0, 0.05) is 6.04 Å². The lowest BCUT2D eigenvalue weighted by molar-refractivity contribution is 0.306. The third-order valence-corrected chi connectivity index (χ3v) is 3.14. The van der Waals surface area contributed by atoms with Gasteiger partial charge in [0.15, 0.2) is 0 Å². The zero-order chi connectivity index (χ0) is 14.2. The Hall–Kier alpha value is -1.80. The summed E-state index contributed by atoms with van der Waals surface area (Å²) in [4.78, 5) is 0. The molecule has 0 aliphatic carbocycles. The molecule has 20 heavy (non-hydrogen) atoms. The van der Waals surface area contributed by atoms with Crippen LogP contribution in [0.5, 0.6) is 5.75 Å². The molecule has 0 aliphatic heterocycles. The molecule has 0 radical (unpaired) electrons. The normalized spacial score (nSPS) is 10.8. The van der Waals surface area contributed by atoms with Gasteiger partial charge in [0.1, 0.15) is 12.4 Å². The van der Waals surface area contributed by atoms with Gasteiger partial charge in [-0.1, -0.05) is 56.3 Å². The quantitative estimate of drug-likeness (QED) is 0.825. The zero-order valence-corrected chi connectivity index (χ0v) is 12.3. The molecule has 0 unspecified atom stereocenters. The average molecular weight is 269 g/mol. The number of para-hydroxylation sites is 1. The molecule has 0 saturated carbocycles. The molecule has 0 atom stereocenters. The van der Waals surface area contributed by atoms with E-state index in [4.69, 9.17) is 4.74 Å². The van der Waals surface area contributed by atoms with Crippen LogP contribution in [-0.2, 0) is 13.0 Å². The van der Waals surface area contributed by atoms with Crippen LogP contribution in [0.4, 0.5) is 0 Å². The lowest BCUT2D eigenvalue weighted by Crippen LogP contribution is -2.24. The monoisotopic (exact) mass is 269 g/mol. The molecule has 0 spiro atoms. The van der Waals surface area contributed by atoms with Gasteiger partial charge in [-0.05, 0) is 36.2 Å². The summed E-state index contributed by atoms with van der Waals surface area (Å²) in [6, 6.07) is 19.1. The Balaban J connectivity index is 1.79. The Kier molecular flexibility index (Phi) is 5.63. The third kappa shape index (κ3) is 5.06. The van der Waals surface area contributed by atoms with Crippen molar-refractivity contribution in [3.05, 3.63) is 65.7 Å². The maximum atomic E-state index is 5.73. The standard InChI is InChI=1S/C18H23NO/c1-15(2)19-13-12-16-8-10-17(11-9-16)14-20-18-6-4-3-5-7-18/h3-11,15,19H,12-14H2,1-2H3. The SMILES string of the molecule is CC(C)NCCc1ccc(COc2ccccc2)cc1. The van der Waals surface area contributed by atoms with Gasteiger partial charge < -0.3 is 10.1 Å². The summed E-state index contributed by atoms with van der Waals surface area (Å²) in [5.41, 5.74) is 2.57. The molecule has 0 bridgehead atoms. The Bertz CT molecular complexity index is 491. The van der Waals surface area contributed by atoms with Gasteiger partial charge in [-0.3, -0.25) is 0 Å². The number of nitrogens with one attached hydrogen (secondary N) is 1. The van der Waals surface area contributed by atoms with Crippen molar-refractivity contribution in [3.8, 4) is 5.75 Å². The molecule has 2 rings (SSSR count). The van der Waals surface area contributed by atoms with Crippen molar-refractivity contribution in [2.45, 2.75) is 32.9 Å². The van der Waals surface area contributed by atoms with Gasteiger partial charge in [-0.15, -0.1) is 0 Å². The fourth-order valence-electron chi connectivity index (χ4n) is 1.99. The first kappa shape index (κ1) is 14.6. The number of hydrogen-bond donors (Lipinski definition) is 1. The summed E-state index contributed by atoms with van der Waals surface area (Å²) in [6.07, 6.45) is 1.07. The van der Waals surface area contributed by atoms with Crippen LogP contribution in [0, 0.1) is 0 Å². The lowest BCUT2D eigenvalue weighted by Gasteiger charge is -2.09. The van der Waals surface area contributed by atoms with Gasteiger partial charge in [-0.2, -0.15) is 0 Å². The van der Waals surface area contributed by atoms with Gasteiger partial charge in [-0.25, -0.2) is 0 Å². The second-order valence-corrected chi connectivity index (χ2v) is 5.28. The van der Waals surface area contributed by atoms with Crippen LogP contribution in [0.2, 0.25) is 0 Å². The van der Waals surface area contributed by atoms with Crippen molar-refractivity contribution in [2.24, 2.45) is 0 Å². The van der Waals surface area contributed by atoms with Gasteiger partial charge >= 0.3 is 0 Å². The Morgan fingerprint density at radius 2 is 1.55 bits per heavy atom. The predicted octanol–water partition coefficient (Wildman–Crippen LogP) is 3.81. The van der Waals surface area contributed by atoms with Crippen LogP contribution in [0.3, 0.4) is 0 Å². The summed E-state index contributed by atoms with van der Waals surface area (Å²) in [7, 11) is 0. The van der Waals surface area contributed by atoms with Crippen LogP contribution >= 0.6 is 0 Å². The summed E-state index contributed by atoms with van der Waals surface area (Å²) in [5.74, 6) is 0.915.